The molecule has 0 spiro atoms. The molecule has 0 amide bonds. The van der Waals surface area contributed by atoms with Crippen LogP contribution in [0.5, 0.6) is 0 Å². The van der Waals surface area contributed by atoms with E-state index < -0.39 is 11.9 Å². The molecule has 1 aromatic carbocycles. The van der Waals surface area contributed by atoms with Crippen LogP contribution in [0.15, 0.2) is 18.2 Å². The molecule has 4 heteroatoms. The molecule has 0 heterocycles. The predicted octanol–water partition coefficient (Wildman–Crippen LogP) is 3.26. The van der Waals surface area contributed by atoms with Gasteiger partial charge in [-0.15, -0.1) is 0 Å². The van der Waals surface area contributed by atoms with Crippen LogP contribution in [0.2, 0.25) is 5.02 Å². The number of carbonyl (C=O) groups excluding carboxylic acids is 1. The molecule has 1 aromatic rings. The van der Waals surface area contributed by atoms with Gasteiger partial charge in [-0.2, -0.15) is 0 Å². The summed E-state index contributed by atoms with van der Waals surface area (Å²) in [6.45, 7) is 3.79. The Bertz CT molecular complexity index is 404. The summed E-state index contributed by atoms with van der Waals surface area (Å²) in [6, 6.07) is 4.31. The lowest BCUT2D eigenvalue weighted by molar-refractivity contribution is -0.130. The number of ketones is 1. The van der Waals surface area contributed by atoms with Crippen LogP contribution in [-0.2, 0) is 16.0 Å². The van der Waals surface area contributed by atoms with E-state index in [0.29, 0.717) is 10.6 Å². The summed E-state index contributed by atoms with van der Waals surface area (Å²) in [7, 11) is 1.49. The molecular formula is C13H16ClFO2. The minimum Gasteiger partial charge on any atom is -0.373 e. The molecule has 0 bridgehead atoms. The number of benzene rings is 1. The first-order valence-corrected chi connectivity index (χ1v) is 5.83. The molecule has 0 N–H and O–H groups in total. The van der Waals surface area contributed by atoms with Gasteiger partial charge in [-0.1, -0.05) is 31.5 Å². The average Bonchev–Trinajstić information content (AvgIpc) is 2.22. The van der Waals surface area contributed by atoms with Crippen LogP contribution in [0, 0.1) is 11.7 Å². The van der Waals surface area contributed by atoms with E-state index in [-0.39, 0.29) is 18.1 Å². The maximum atomic E-state index is 13.5. The number of methoxy groups -OCH3 is 1. The molecule has 0 aliphatic carbocycles. The first-order chi connectivity index (χ1) is 7.95. The van der Waals surface area contributed by atoms with Gasteiger partial charge in [0.05, 0.1) is 0 Å². The Morgan fingerprint density at radius 3 is 2.59 bits per heavy atom. The lowest BCUT2D eigenvalue weighted by Gasteiger charge is -2.17. The predicted molar refractivity (Wildman–Crippen MR) is 65.8 cm³/mol. The van der Waals surface area contributed by atoms with E-state index in [1.165, 1.54) is 19.2 Å². The quantitative estimate of drug-likeness (QED) is 0.810. The van der Waals surface area contributed by atoms with Crippen molar-refractivity contribution < 1.29 is 13.9 Å². The molecule has 17 heavy (non-hydrogen) atoms. The van der Waals surface area contributed by atoms with Gasteiger partial charge < -0.3 is 4.74 Å². The van der Waals surface area contributed by atoms with Crippen molar-refractivity contribution >= 4 is 17.4 Å². The van der Waals surface area contributed by atoms with Crippen LogP contribution in [0.3, 0.4) is 0 Å². The van der Waals surface area contributed by atoms with Crippen molar-refractivity contribution in [2.75, 3.05) is 7.11 Å². The molecule has 1 rings (SSSR count). The summed E-state index contributed by atoms with van der Waals surface area (Å²) in [4.78, 5) is 11.9. The maximum Gasteiger partial charge on any atom is 0.166 e. The molecule has 2 nitrogen and oxygen atoms in total. The first-order valence-electron chi connectivity index (χ1n) is 5.45. The van der Waals surface area contributed by atoms with Gasteiger partial charge in [0.1, 0.15) is 11.9 Å². The SMILES string of the molecule is COC(C(=O)Cc1ccc(Cl)cc1F)C(C)C. The fourth-order valence-electron chi connectivity index (χ4n) is 1.73. The zero-order valence-corrected chi connectivity index (χ0v) is 10.9. The third kappa shape index (κ3) is 3.79. The van der Waals surface area contributed by atoms with E-state index in [1.54, 1.807) is 6.07 Å². The third-order valence-electron chi connectivity index (χ3n) is 2.56. The third-order valence-corrected chi connectivity index (χ3v) is 2.79. The standard InChI is InChI=1S/C13H16ClFO2/c1-8(2)13(17-3)12(16)6-9-4-5-10(14)7-11(9)15/h4-5,7-8,13H,6H2,1-3H3. The van der Waals surface area contributed by atoms with Crippen LogP contribution < -0.4 is 0 Å². The molecule has 0 aliphatic rings. The number of Topliss-reactive ketones (excluding diaryl/α,β-unsaturated/α-hetero) is 1. The summed E-state index contributed by atoms with van der Waals surface area (Å²) >= 11 is 5.64. The molecule has 1 atom stereocenters. The fraction of sp³-hybridized carbons (Fsp3) is 0.462. The number of ether oxygens (including phenoxy) is 1. The molecular weight excluding hydrogens is 243 g/mol. The summed E-state index contributed by atoms with van der Waals surface area (Å²) in [5.41, 5.74) is 0.349. The number of hydrogen-bond acceptors (Lipinski definition) is 2. The maximum absolute atomic E-state index is 13.5. The van der Waals surface area contributed by atoms with Crippen molar-refractivity contribution in [3.63, 3.8) is 0 Å². The smallest absolute Gasteiger partial charge is 0.166 e. The van der Waals surface area contributed by atoms with Crippen molar-refractivity contribution in [2.24, 2.45) is 5.92 Å². The highest BCUT2D eigenvalue weighted by Gasteiger charge is 2.22. The van der Waals surface area contributed by atoms with Gasteiger partial charge in [0, 0.05) is 18.6 Å². The second kappa shape index (κ2) is 6.12. The average molecular weight is 259 g/mol. The Morgan fingerprint density at radius 1 is 1.47 bits per heavy atom. The van der Waals surface area contributed by atoms with Gasteiger partial charge >= 0.3 is 0 Å². The second-order valence-electron chi connectivity index (χ2n) is 4.28. The van der Waals surface area contributed by atoms with Gasteiger partial charge in [-0.3, -0.25) is 4.79 Å². The van der Waals surface area contributed by atoms with Gasteiger partial charge in [-0.05, 0) is 23.6 Å². The van der Waals surface area contributed by atoms with Gasteiger partial charge in [0.2, 0.25) is 0 Å². The normalized spacial score (nSPS) is 12.8. The largest absolute Gasteiger partial charge is 0.373 e. The highest BCUT2D eigenvalue weighted by atomic mass is 35.5. The van der Waals surface area contributed by atoms with Crippen molar-refractivity contribution in [2.45, 2.75) is 26.4 Å². The molecule has 0 saturated carbocycles. The van der Waals surface area contributed by atoms with Crippen LogP contribution in [0.25, 0.3) is 0 Å². The lowest BCUT2D eigenvalue weighted by Crippen LogP contribution is -2.30. The second-order valence-corrected chi connectivity index (χ2v) is 4.72. The molecule has 0 radical (unpaired) electrons. The van der Waals surface area contributed by atoms with Crippen LogP contribution in [-0.4, -0.2) is 19.0 Å². The number of carbonyl (C=O) groups is 1. The number of rotatable bonds is 5. The van der Waals surface area contributed by atoms with E-state index in [0.717, 1.165) is 0 Å². The van der Waals surface area contributed by atoms with E-state index in [2.05, 4.69) is 0 Å². The van der Waals surface area contributed by atoms with Crippen LogP contribution in [0.4, 0.5) is 4.39 Å². The number of halogens is 2. The zero-order chi connectivity index (χ0) is 13.0. The Kier molecular flexibility index (Phi) is 5.09. The molecule has 94 valence electrons. The monoisotopic (exact) mass is 258 g/mol. The Balaban J connectivity index is 2.80. The number of hydrogen-bond donors (Lipinski definition) is 0. The van der Waals surface area contributed by atoms with Crippen molar-refractivity contribution in [3.05, 3.63) is 34.6 Å². The lowest BCUT2D eigenvalue weighted by atomic mass is 9.97. The van der Waals surface area contributed by atoms with E-state index in [1.807, 2.05) is 13.8 Å². The zero-order valence-electron chi connectivity index (χ0n) is 10.2. The van der Waals surface area contributed by atoms with Gasteiger partial charge in [0.25, 0.3) is 0 Å². The Hall–Kier alpha value is -0.930. The minimum atomic E-state index is -0.495. The summed E-state index contributed by atoms with van der Waals surface area (Å²) in [5.74, 6) is -0.504. The molecule has 0 saturated heterocycles. The van der Waals surface area contributed by atoms with Crippen molar-refractivity contribution in [3.8, 4) is 0 Å². The Labute approximate surface area is 106 Å². The molecule has 0 aliphatic heterocycles. The van der Waals surface area contributed by atoms with Crippen LogP contribution >= 0.6 is 11.6 Å². The van der Waals surface area contributed by atoms with Crippen molar-refractivity contribution in [1.29, 1.82) is 0 Å². The minimum absolute atomic E-state index is 0.0275. The summed E-state index contributed by atoms with van der Waals surface area (Å²) < 4.78 is 18.6. The van der Waals surface area contributed by atoms with Gasteiger partial charge in [-0.25, -0.2) is 4.39 Å². The summed E-state index contributed by atoms with van der Waals surface area (Å²) in [5, 5.41) is 0.325. The van der Waals surface area contributed by atoms with Gasteiger partial charge in [0.15, 0.2) is 5.78 Å². The van der Waals surface area contributed by atoms with E-state index >= 15 is 0 Å². The van der Waals surface area contributed by atoms with E-state index in [4.69, 9.17) is 16.3 Å². The summed E-state index contributed by atoms with van der Waals surface area (Å²) in [6.07, 6.45) is -0.468. The van der Waals surface area contributed by atoms with E-state index in [9.17, 15) is 9.18 Å². The van der Waals surface area contributed by atoms with Crippen molar-refractivity contribution in [1.82, 2.24) is 0 Å². The highest BCUT2D eigenvalue weighted by molar-refractivity contribution is 6.30. The molecule has 0 aromatic heterocycles. The fourth-order valence-corrected chi connectivity index (χ4v) is 1.89. The molecule has 0 fully saturated rings. The topological polar surface area (TPSA) is 26.3 Å². The Morgan fingerprint density at radius 2 is 2.12 bits per heavy atom. The molecule has 1 unspecified atom stereocenters. The first kappa shape index (κ1) is 14.1. The highest BCUT2D eigenvalue weighted by Crippen LogP contribution is 2.17. The van der Waals surface area contributed by atoms with Crippen LogP contribution in [0.1, 0.15) is 19.4 Å².